The fraction of sp³-hybridized carbons (Fsp3) is 0.438. The smallest absolute Gasteiger partial charge is 0.343 e. The van der Waals surface area contributed by atoms with Crippen LogP contribution in [0.4, 0.5) is 13.2 Å². The third kappa shape index (κ3) is 4.33. The molecule has 0 aliphatic carbocycles. The van der Waals surface area contributed by atoms with Gasteiger partial charge in [0.15, 0.2) is 0 Å². The maximum absolute atomic E-state index is 12.7. The number of amides is 1. The van der Waals surface area contributed by atoms with Crippen LogP contribution >= 0.6 is 0 Å². The second-order valence-corrected chi connectivity index (χ2v) is 5.16. The quantitative estimate of drug-likeness (QED) is 0.806. The van der Waals surface area contributed by atoms with Gasteiger partial charge in [0, 0.05) is 31.5 Å². The van der Waals surface area contributed by atoms with E-state index in [0.29, 0.717) is 13.1 Å². The van der Waals surface area contributed by atoms with Crippen molar-refractivity contribution in [3.63, 3.8) is 0 Å². The summed E-state index contributed by atoms with van der Waals surface area (Å²) in [7, 11) is 0. The molecule has 0 aliphatic rings. The Morgan fingerprint density at radius 1 is 1.25 bits per heavy atom. The molecule has 0 saturated carbocycles. The summed E-state index contributed by atoms with van der Waals surface area (Å²) >= 11 is 0. The second kappa shape index (κ2) is 7.46. The highest BCUT2D eigenvalue weighted by Crippen LogP contribution is 2.31. The van der Waals surface area contributed by atoms with Crippen molar-refractivity contribution in [1.82, 2.24) is 15.0 Å². The molecule has 0 fully saturated rings. The van der Waals surface area contributed by atoms with Crippen LogP contribution < -0.4 is 0 Å². The third-order valence-corrected chi connectivity index (χ3v) is 3.59. The standard InChI is InChI=1S/C16H18F3N3O2/c1-3-22(4-2)14(23)9-8-13-20-15(21-24-13)11-6-5-7-12(10-11)16(17,18)19/h5-7,10H,3-4,8-9H2,1-2H3. The van der Waals surface area contributed by atoms with E-state index in [1.165, 1.54) is 12.1 Å². The Balaban J connectivity index is 2.07. The molecule has 24 heavy (non-hydrogen) atoms. The van der Waals surface area contributed by atoms with Gasteiger partial charge in [0.1, 0.15) is 0 Å². The van der Waals surface area contributed by atoms with Crippen molar-refractivity contribution in [1.29, 1.82) is 0 Å². The van der Waals surface area contributed by atoms with Crippen molar-refractivity contribution in [2.75, 3.05) is 13.1 Å². The molecule has 2 aromatic rings. The van der Waals surface area contributed by atoms with E-state index >= 15 is 0 Å². The van der Waals surface area contributed by atoms with Gasteiger partial charge in [0.05, 0.1) is 5.56 Å². The maximum Gasteiger partial charge on any atom is 0.416 e. The molecular formula is C16H18F3N3O2. The molecular weight excluding hydrogens is 323 g/mol. The molecule has 130 valence electrons. The van der Waals surface area contributed by atoms with Gasteiger partial charge in [-0.1, -0.05) is 17.3 Å². The van der Waals surface area contributed by atoms with Gasteiger partial charge in [-0.25, -0.2) is 0 Å². The molecule has 8 heteroatoms. The van der Waals surface area contributed by atoms with E-state index < -0.39 is 11.7 Å². The van der Waals surface area contributed by atoms with Crippen LogP contribution in [0.15, 0.2) is 28.8 Å². The molecule has 2 rings (SSSR count). The highest BCUT2D eigenvalue weighted by molar-refractivity contribution is 5.76. The van der Waals surface area contributed by atoms with Gasteiger partial charge in [-0.15, -0.1) is 0 Å². The van der Waals surface area contributed by atoms with Crippen LogP contribution in [0.2, 0.25) is 0 Å². The predicted octanol–water partition coefficient (Wildman–Crippen LogP) is 3.56. The Morgan fingerprint density at radius 3 is 2.58 bits per heavy atom. The summed E-state index contributed by atoms with van der Waals surface area (Å²) in [5, 5.41) is 3.69. The minimum atomic E-state index is -4.43. The summed E-state index contributed by atoms with van der Waals surface area (Å²) in [6.07, 6.45) is -3.97. The fourth-order valence-corrected chi connectivity index (χ4v) is 2.26. The molecule has 1 aromatic carbocycles. The first-order chi connectivity index (χ1) is 11.3. The zero-order chi connectivity index (χ0) is 17.7. The van der Waals surface area contributed by atoms with E-state index in [9.17, 15) is 18.0 Å². The van der Waals surface area contributed by atoms with Crippen LogP contribution in [0.5, 0.6) is 0 Å². The number of halogens is 3. The van der Waals surface area contributed by atoms with Crippen molar-refractivity contribution < 1.29 is 22.5 Å². The lowest BCUT2D eigenvalue weighted by Crippen LogP contribution is -2.30. The first-order valence-electron chi connectivity index (χ1n) is 7.63. The highest BCUT2D eigenvalue weighted by atomic mass is 19.4. The lowest BCUT2D eigenvalue weighted by Gasteiger charge is -2.17. The molecule has 1 heterocycles. The van der Waals surface area contributed by atoms with Gasteiger partial charge in [-0.05, 0) is 26.0 Å². The molecule has 1 aromatic heterocycles. The molecule has 0 unspecified atom stereocenters. The molecule has 1 amide bonds. The van der Waals surface area contributed by atoms with Crippen LogP contribution in [0.3, 0.4) is 0 Å². The lowest BCUT2D eigenvalue weighted by molar-refractivity contribution is -0.137. The molecule has 0 saturated heterocycles. The number of aromatic nitrogens is 2. The lowest BCUT2D eigenvalue weighted by atomic mass is 10.1. The van der Waals surface area contributed by atoms with Gasteiger partial charge in [0.25, 0.3) is 0 Å². The minimum Gasteiger partial charge on any atom is -0.343 e. The third-order valence-electron chi connectivity index (χ3n) is 3.59. The van der Waals surface area contributed by atoms with Gasteiger partial charge in [-0.3, -0.25) is 4.79 Å². The summed E-state index contributed by atoms with van der Waals surface area (Å²) < 4.78 is 43.2. The van der Waals surface area contributed by atoms with E-state index in [-0.39, 0.29) is 36.0 Å². The number of rotatable bonds is 6. The summed E-state index contributed by atoms with van der Waals surface area (Å²) in [6.45, 7) is 5.02. The SMILES string of the molecule is CCN(CC)C(=O)CCc1nc(-c2cccc(C(F)(F)F)c2)no1. The highest BCUT2D eigenvalue weighted by Gasteiger charge is 2.30. The first kappa shape index (κ1) is 18.0. The number of benzene rings is 1. The summed E-state index contributed by atoms with van der Waals surface area (Å²) in [6, 6.07) is 4.71. The summed E-state index contributed by atoms with van der Waals surface area (Å²) in [5.41, 5.74) is -0.557. The second-order valence-electron chi connectivity index (χ2n) is 5.16. The van der Waals surface area contributed by atoms with Crippen molar-refractivity contribution >= 4 is 5.91 Å². The van der Waals surface area contributed by atoms with E-state index in [1.807, 2.05) is 13.8 Å². The number of carbonyl (C=O) groups is 1. The van der Waals surface area contributed by atoms with Crippen molar-refractivity contribution in [3.8, 4) is 11.4 Å². The Labute approximate surface area is 137 Å². The fourth-order valence-electron chi connectivity index (χ4n) is 2.26. The number of alkyl halides is 3. The van der Waals surface area contributed by atoms with E-state index in [2.05, 4.69) is 10.1 Å². The zero-order valence-electron chi connectivity index (χ0n) is 13.4. The van der Waals surface area contributed by atoms with Crippen molar-refractivity contribution in [2.24, 2.45) is 0 Å². The normalized spacial score (nSPS) is 11.5. The zero-order valence-corrected chi connectivity index (χ0v) is 13.4. The average molecular weight is 341 g/mol. The van der Waals surface area contributed by atoms with Crippen LogP contribution in [0, 0.1) is 0 Å². The largest absolute Gasteiger partial charge is 0.416 e. The molecule has 0 N–H and O–H groups in total. The number of hydrogen-bond acceptors (Lipinski definition) is 4. The Kier molecular flexibility index (Phi) is 5.58. The van der Waals surface area contributed by atoms with Crippen molar-refractivity contribution in [3.05, 3.63) is 35.7 Å². The summed E-state index contributed by atoms with van der Waals surface area (Å²) in [4.78, 5) is 17.7. The van der Waals surface area contributed by atoms with Crippen LogP contribution in [0.1, 0.15) is 31.7 Å². The van der Waals surface area contributed by atoms with E-state index in [0.717, 1.165) is 12.1 Å². The molecule has 0 bridgehead atoms. The average Bonchev–Trinajstić information content (AvgIpc) is 3.02. The maximum atomic E-state index is 12.7. The van der Waals surface area contributed by atoms with Gasteiger partial charge >= 0.3 is 6.18 Å². The number of hydrogen-bond donors (Lipinski definition) is 0. The monoisotopic (exact) mass is 341 g/mol. The topological polar surface area (TPSA) is 59.2 Å². The summed E-state index contributed by atoms with van der Waals surface area (Å²) in [5.74, 6) is 0.271. The van der Waals surface area contributed by atoms with Crippen LogP contribution in [-0.4, -0.2) is 34.0 Å². The molecule has 0 atom stereocenters. The van der Waals surface area contributed by atoms with Crippen molar-refractivity contribution in [2.45, 2.75) is 32.9 Å². The first-order valence-corrected chi connectivity index (χ1v) is 7.63. The molecule has 0 radical (unpaired) electrons. The van der Waals surface area contributed by atoms with Gasteiger partial charge < -0.3 is 9.42 Å². The van der Waals surface area contributed by atoms with Crippen LogP contribution in [-0.2, 0) is 17.4 Å². The number of nitrogens with zero attached hydrogens (tertiary/aromatic N) is 3. The minimum absolute atomic E-state index is 0.0289. The van der Waals surface area contributed by atoms with Gasteiger partial charge in [-0.2, -0.15) is 18.2 Å². The Morgan fingerprint density at radius 2 is 1.96 bits per heavy atom. The van der Waals surface area contributed by atoms with Gasteiger partial charge in [0.2, 0.25) is 17.6 Å². The Bertz CT molecular complexity index is 694. The molecule has 0 spiro atoms. The number of carbonyl (C=O) groups excluding carboxylic acids is 1. The molecule has 5 nitrogen and oxygen atoms in total. The number of aryl methyl sites for hydroxylation is 1. The van der Waals surface area contributed by atoms with Crippen LogP contribution in [0.25, 0.3) is 11.4 Å². The predicted molar refractivity (Wildman–Crippen MR) is 81.0 cm³/mol. The Hall–Kier alpha value is -2.38. The van der Waals surface area contributed by atoms with E-state index in [1.54, 1.807) is 4.90 Å². The molecule has 0 aliphatic heterocycles. The van der Waals surface area contributed by atoms with E-state index in [4.69, 9.17) is 4.52 Å².